The van der Waals surface area contributed by atoms with Crippen LogP contribution in [0.25, 0.3) is 0 Å². The van der Waals surface area contributed by atoms with Gasteiger partial charge in [-0.2, -0.15) is 0 Å². The Balaban J connectivity index is 3.23. The first-order chi connectivity index (χ1) is 9.20. The fourth-order valence-electron chi connectivity index (χ4n) is 2.77. The molecule has 0 rings (SSSR count). The molecule has 0 fully saturated rings. The van der Waals surface area contributed by atoms with Crippen molar-refractivity contribution >= 4 is 0 Å². The molecule has 2 atom stereocenters. The van der Waals surface area contributed by atoms with E-state index in [1.165, 1.54) is 70.6 Å². The van der Waals surface area contributed by atoms with E-state index in [0.29, 0.717) is 12.5 Å². The molecule has 0 radical (unpaired) electrons. The lowest BCUT2D eigenvalue weighted by atomic mass is 9.93. The molecule has 116 valence electrons. The Morgan fingerprint density at radius 2 is 1.11 bits per heavy atom. The van der Waals surface area contributed by atoms with E-state index in [2.05, 4.69) is 20.8 Å². The van der Waals surface area contributed by atoms with Gasteiger partial charge in [0, 0.05) is 6.61 Å². The SMILES string of the molecule is CCCCCCCCCC(C)CCCC(C)CCO. The summed E-state index contributed by atoms with van der Waals surface area (Å²) in [5.41, 5.74) is 0. The predicted octanol–water partition coefficient (Wildman–Crippen LogP) is 5.95. The zero-order valence-corrected chi connectivity index (χ0v) is 13.8. The molecule has 0 aliphatic rings. The maximum atomic E-state index is 8.87. The summed E-state index contributed by atoms with van der Waals surface area (Å²) in [5, 5.41) is 8.87. The average Bonchev–Trinajstić information content (AvgIpc) is 2.38. The Morgan fingerprint density at radius 1 is 0.632 bits per heavy atom. The number of rotatable bonds is 14. The van der Waals surface area contributed by atoms with Crippen molar-refractivity contribution in [2.24, 2.45) is 11.8 Å². The van der Waals surface area contributed by atoms with E-state index in [4.69, 9.17) is 5.11 Å². The molecule has 19 heavy (non-hydrogen) atoms. The fourth-order valence-corrected chi connectivity index (χ4v) is 2.77. The maximum absolute atomic E-state index is 8.87. The summed E-state index contributed by atoms with van der Waals surface area (Å²) in [7, 11) is 0. The lowest BCUT2D eigenvalue weighted by Gasteiger charge is -2.13. The van der Waals surface area contributed by atoms with E-state index < -0.39 is 0 Å². The maximum Gasteiger partial charge on any atom is 0.0433 e. The largest absolute Gasteiger partial charge is 0.396 e. The van der Waals surface area contributed by atoms with Gasteiger partial charge in [0.25, 0.3) is 0 Å². The van der Waals surface area contributed by atoms with Crippen molar-refractivity contribution < 1.29 is 5.11 Å². The molecule has 0 heterocycles. The number of aliphatic hydroxyl groups excluding tert-OH is 1. The van der Waals surface area contributed by atoms with Crippen molar-refractivity contribution in [2.75, 3.05) is 6.61 Å². The van der Waals surface area contributed by atoms with Crippen LogP contribution in [-0.4, -0.2) is 11.7 Å². The van der Waals surface area contributed by atoms with Crippen molar-refractivity contribution in [1.29, 1.82) is 0 Å². The van der Waals surface area contributed by atoms with Crippen molar-refractivity contribution in [3.8, 4) is 0 Å². The summed E-state index contributed by atoms with van der Waals surface area (Å²) >= 11 is 0. The quantitative estimate of drug-likeness (QED) is 0.387. The molecular formula is C18H38O. The molecule has 1 heteroatoms. The second-order valence-corrected chi connectivity index (χ2v) is 6.56. The molecule has 0 aliphatic heterocycles. The molecule has 0 aromatic heterocycles. The predicted molar refractivity (Wildman–Crippen MR) is 86.5 cm³/mol. The minimum atomic E-state index is 0.356. The summed E-state index contributed by atoms with van der Waals surface area (Å²) in [4.78, 5) is 0. The van der Waals surface area contributed by atoms with Gasteiger partial charge in [0.2, 0.25) is 0 Å². The smallest absolute Gasteiger partial charge is 0.0433 e. The van der Waals surface area contributed by atoms with Crippen LogP contribution in [0.2, 0.25) is 0 Å². The molecule has 0 aromatic rings. The van der Waals surface area contributed by atoms with Crippen LogP contribution in [-0.2, 0) is 0 Å². The number of unbranched alkanes of at least 4 members (excludes halogenated alkanes) is 6. The van der Waals surface area contributed by atoms with Crippen molar-refractivity contribution in [3.05, 3.63) is 0 Å². The Hall–Kier alpha value is -0.0400. The first-order valence-electron chi connectivity index (χ1n) is 8.81. The van der Waals surface area contributed by atoms with Crippen LogP contribution >= 0.6 is 0 Å². The van der Waals surface area contributed by atoms with Gasteiger partial charge in [-0.15, -0.1) is 0 Å². The van der Waals surface area contributed by atoms with E-state index in [1.807, 2.05) is 0 Å². The third kappa shape index (κ3) is 14.2. The molecular weight excluding hydrogens is 232 g/mol. The fraction of sp³-hybridized carbons (Fsp3) is 1.00. The Kier molecular flexibility index (Phi) is 14.3. The highest BCUT2D eigenvalue weighted by molar-refractivity contribution is 4.58. The molecule has 2 unspecified atom stereocenters. The van der Waals surface area contributed by atoms with Gasteiger partial charge >= 0.3 is 0 Å². The standard InChI is InChI=1S/C18H38O/c1-4-5-6-7-8-9-10-12-17(2)13-11-14-18(3)15-16-19/h17-19H,4-16H2,1-3H3. The second kappa shape index (κ2) is 14.4. The van der Waals surface area contributed by atoms with E-state index in [1.54, 1.807) is 0 Å². The summed E-state index contributed by atoms with van der Waals surface area (Å²) in [5.74, 6) is 1.60. The molecule has 0 aromatic carbocycles. The van der Waals surface area contributed by atoms with Gasteiger partial charge in [0.15, 0.2) is 0 Å². The molecule has 0 saturated carbocycles. The third-order valence-electron chi connectivity index (χ3n) is 4.32. The van der Waals surface area contributed by atoms with Crippen LogP contribution in [0, 0.1) is 11.8 Å². The third-order valence-corrected chi connectivity index (χ3v) is 4.32. The highest BCUT2D eigenvalue weighted by Crippen LogP contribution is 2.19. The first-order valence-corrected chi connectivity index (χ1v) is 8.81. The highest BCUT2D eigenvalue weighted by Gasteiger charge is 2.05. The van der Waals surface area contributed by atoms with Gasteiger partial charge in [-0.05, 0) is 18.3 Å². The van der Waals surface area contributed by atoms with Crippen LogP contribution in [0.5, 0.6) is 0 Å². The minimum Gasteiger partial charge on any atom is -0.396 e. The first kappa shape index (κ1) is 19.0. The van der Waals surface area contributed by atoms with Crippen molar-refractivity contribution in [2.45, 2.75) is 97.8 Å². The summed E-state index contributed by atoms with van der Waals surface area (Å²) in [6.45, 7) is 7.31. The summed E-state index contributed by atoms with van der Waals surface area (Å²) in [6, 6.07) is 0. The zero-order chi connectivity index (χ0) is 14.3. The van der Waals surface area contributed by atoms with E-state index in [0.717, 1.165) is 12.3 Å². The van der Waals surface area contributed by atoms with Crippen LogP contribution < -0.4 is 0 Å². The number of hydrogen-bond donors (Lipinski definition) is 1. The van der Waals surface area contributed by atoms with Crippen LogP contribution in [0.1, 0.15) is 97.8 Å². The lowest BCUT2D eigenvalue weighted by Crippen LogP contribution is -2.00. The lowest BCUT2D eigenvalue weighted by molar-refractivity contribution is 0.255. The average molecular weight is 271 g/mol. The second-order valence-electron chi connectivity index (χ2n) is 6.56. The van der Waals surface area contributed by atoms with Crippen molar-refractivity contribution in [1.82, 2.24) is 0 Å². The molecule has 1 nitrogen and oxygen atoms in total. The zero-order valence-electron chi connectivity index (χ0n) is 13.8. The number of aliphatic hydroxyl groups is 1. The molecule has 0 saturated heterocycles. The molecule has 0 bridgehead atoms. The Labute approximate surface area is 122 Å². The van der Waals surface area contributed by atoms with Gasteiger partial charge in [-0.25, -0.2) is 0 Å². The van der Waals surface area contributed by atoms with Gasteiger partial charge in [-0.3, -0.25) is 0 Å². The molecule has 1 N–H and O–H groups in total. The monoisotopic (exact) mass is 270 g/mol. The van der Waals surface area contributed by atoms with Crippen LogP contribution in [0.15, 0.2) is 0 Å². The number of hydrogen-bond acceptors (Lipinski definition) is 1. The summed E-state index contributed by atoms with van der Waals surface area (Å²) < 4.78 is 0. The van der Waals surface area contributed by atoms with E-state index >= 15 is 0 Å². The highest BCUT2D eigenvalue weighted by atomic mass is 16.3. The van der Waals surface area contributed by atoms with E-state index in [-0.39, 0.29) is 0 Å². The minimum absolute atomic E-state index is 0.356. The topological polar surface area (TPSA) is 20.2 Å². The molecule has 0 amide bonds. The normalized spacial score (nSPS) is 14.5. The van der Waals surface area contributed by atoms with Gasteiger partial charge < -0.3 is 5.11 Å². The van der Waals surface area contributed by atoms with Crippen LogP contribution in [0.3, 0.4) is 0 Å². The van der Waals surface area contributed by atoms with Crippen molar-refractivity contribution in [3.63, 3.8) is 0 Å². The van der Waals surface area contributed by atoms with Gasteiger partial charge in [-0.1, -0.05) is 91.4 Å². The molecule has 0 aliphatic carbocycles. The van der Waals surface area contributed by atoms with Crippen LogP contribution in [0.4, 0.5) is 0 Å². The van der Waals surface area contributed by atoms with Gasteiger partial charge in [0.05, 0.1) is 0 Å². The van der Waals surface area contributed by atoms with E-state index in [9.17, 15) is 0 Å². The Morgan fingerprint density at radius 3 is 1.68 bits per heavy atom. The molecule has 0 spiro atoms. The summed E-state index contributed by atoms with van der Waals surface area (Å²) in [6.07, 6.45) is 16.4. The Bertz CT molecular complexity index is 167. The van der Waals surface area contributed by atoms with Gasteiger partial charge in [0.1, 0.15) is 0 Å².